The number of hydrogen-bond donors (Lipinski definition) is 3. The van der Waals surface area contributed by atoms with Crippen LogP contribution in [0.2, 0.25) is 0 Å². The summed E-state index contributed by atoms with van der Waals surface area (Å²) in [5.41, 5.74) is -1.85. The smallest absolute Gasteiger partial charge is 0.408 e. The minimum absolute atomic E-state index is 0.114. The molecule has 1 aromatic rings. The van der Waals surface area contributed by atoms with Crippen molar-refractivity contribution in [2.45, 2.75) is 113 Å². The van der Waals surface area contributed by atoms with Crippen LogP contribution in [0.5, 0.6) is 0 Å². The number of carbonyl (C=O) groups excluding carboxylic acids is 5. The average Bonchev–Trinajstić information content (AvgIpc) is 3.95. The summed E-state index contributed by atoms with van der Waals surface area (Å²) >= 11 is 0. The molecule has 0 aromatic heterocycles. The topological polar surface area (TPSA) is 201 Å². The number of allylic oxidation sites excluding steroid dienone is 1. The number of nitrogens with one attached hydrogen (secondary N) is 3. The molecular formula is C34H43N5O9S. The van der Waals surface area contributed by atoms with Gasteiger partial charge < -0.3 is 25.0 Å². The Hall–Kier alpha value is -4.45. The largest absolute Gasteiger partial charge is 0.457 e. The highest BCUT2D eigenvalue weighted by Crippen LogP contribution is 2.46. The fourth-order valence-electron chi connectivity index (χ4n) is 6.20. The number of amides is 4. The third kappa shape index (κ3) is 8.78. The van der Waals surface area contributed by atoms with Gasteiger partial charge in [0.1, 0.15) is 29.3 Å². The van der Waals surface area contributed by atoms with E-state index in [1.54, 1.807) is 20.8 Å². The Labute approximate surface area is 286 Å². The zero-order valence-corrected chi connectivity index (χ0v) is 28.7. The summed E-state index contributed by atoms with van der Waals surface area (Å²) in [6.07, 6.45) is 5.94. The van der Waals surface area contributed by atoms with Crippen molar-refractivity contribution in [1.29, 1.82) is 5.26 Å². The van der Waals surface area contributed by atoms with E-state index >= 15 is 0 Å². The highest BCUT2D eigenvalue weighted by Gasteiger charge is 2.62. The lowest BCUT2D eigenvalue weighted by Gasteiger charge is -2.30. The van der Waals surface area contributed by atoms with Gasteiger partial charge in [0, 0.05) is 12.3 Å². The summed E-state index contributed by atoms with van der Waals surface area (Å²) in [4.78, 5) is 68.9. The van der Waals surface area contributed by atoms with Gasteiger partial charge in [-0.05, 0) is 83.6 Å². The van der Waals surface area contributed by atoms with Gasteiger partial charge in [-0.25, -0.2) is 18.0 Å². The van der Waals surface area contributed by atoms with E-state index in [0.29, 0.717) is 31.2 Å². The van der Waals surface area contributed by atoms with Crippen LogP contribution in [0.3, 0.4) is 0 Å². The summed E-state index contributed by atoms with van der Waals surface area (Å²) in [5, 5.41) is 13.9. The molecule has 0 radical (unpaired) electrons. The standard InChI is InChI=1S/C34H43N5O9S/c1-33(2,3)48-32(44)36-26-10-8-6-4-5-7-9-23-18-34(23,31(43)38-49(45,46)25-15-16-25)37-28(40)27-17-24(20-39(27)29(26)41)47-30(42)22-13-11-21(19-35)12-14-22/h7,9,11-14,23-27H,4-6,8,10,15-18,20H2,1-3H3,(H,36,44)(H,37,40)(H,38,43)/b9-7+. The Balaban J connectivity index is 1.42. The summed E-state index contributed by atoms with van der Waals surface area (Å²) in [6, 6.07) is 5.51. The number of fused-ring (bicyclic) bond motifs is 2. The van der Waals surface area contributed by atoms with Crippen LogP contribution < -0.4 is 15.4 Å². The fraction of sp³-hybridized carbons (Fsp3) is 0.588. The predicted octanol–water partition coefficient (Wildman–Crippen LogP) is 2.58. The first-order chi connectivity index (χ1) is 23.1. The highest BCUT2D eigenvalue weighted by atomic mass is 32.2. The molecule has 0 spiro atoms. The molecule has 2 heterocycles. The molecule has 0 bridgehead atoms. The number of alkyl carbamates (subject to hydrolysis) is 1. The first-order valence-electron chi connectivity index (χ1n) is 16.7. The second-order valence-electron chi connectivity index (χ2n) is 14.2. The van der Waals surface area contributed by atoms with Gasteiger partial charge in [0.15, 0.2) is 0 Å². The SMILES string of the molecule is CC(C)(C)OC(=O)NC1CCCCC/C=C/C2CC2(C(=O)NS(=O)(=O)C2CC2)NC(=O)C2CC(OC(=O)c3ccc(C#N)cc3)CN2C1=O. The van der Waals surface area contributed by atoms with Crippen molar-refractivity contribution < 1.29 is 41.9 Å². The van der Waals surface area contributed by atoms with Crippen LogP contribution in [-0.2, 0) is 33.9 Å². The van der Waals surface area contributed by atoms with Crippen LogP contribution in [0.15, 0.2) is 36.4 Å². The molecule has 14 nitrogen and oxygen atoms in total. The molecule has 264 valence electrons. The molecule has 1 aromatic carbocycles. The number of benzene rings is 1. The van der Waals surface area contributed by atoms with Crippen molar-refractivity contribution in [3.63, 3.8) is 0 Å². The lowest BCUT2D eigenvalue weighted by Crippen LogP contribution is -2.58. The van der Waals surface area contributed by atoms with Crippen LogP contribution >= 0.6 is 0 Å². The molecule has 5 rings (SSSR count). The van der Waals surface area contributed by atoms with Crippen molar-refractivity contribution in [3.8, 4) is 6.07 Å². The summed E-state index contributed by atoms with van der Waals surface area (Å²) in [7, 11) is -3.91. The van der Waals surface area contributed by atoms with Crippen LogP contribution in [0, 0.1) is 17.2 Å². The molecule has 2 aliphatic heterocycles. The Morgan fingerprint density at radius 2 is 1.78 bits per heavy atom. The van der Waals surface area contributed by atoms with E-state index < -0.39 is 80.3 Å². The Morgan fingerprint density at radius 3 is 2.43 bits per heavy atom. The molecule has 3 fully saturated rings. The molecule has 1 saturated heterocycles. The van der Waals surface area contributed by atoms with E-state index in [1.807, 2.05) is 18.2 Å². The molecule has 5 unspecified atom stereocenters. The molecular weight excluding hydrogens is 654 g/mol. The summed E-state index contributed by atoms with van der Waals surface area (Å²) < 4.78 is 38.7. The van der Waals surface area contributed by atoms with Gasteiger partial charge in [-0.1, -0.05) is 25.0 Å². The van der Waals surface area contributed by atoms with Gasteiger partial charge in [-0.2, -0.15) is 5.26 Å². The number of ether oxygens (including phenoxy) is 2. The Kier molecular flexibility index (Phi) is 10.4. The number of esters is 1. The molecule has 4 aliphatic rings. The number of nitrogens with zero attached hydrogens (tertiary/aromatic N) is 2. The zero-order chi connectivity index (χ0) is 35.6. The van der Waals surface area contributed by atoms with E-state index in [2.05, 4.69) is 15.4 Å². The zero-order valence-electron chi connectivity index (χ0n) is 27.9. The lowest BCUT2D eigenvalue weighted by atomic mass is 10.0. The molecule has 2 saturated carbocycles. The molecule has 15 heteroatoms. The number of nitriles is 1. The predicted molar refractivity (Wildman–Crippen MR) is 175 cm³/mol. The van der Waals surface area contributed by atoms with E-state index in [9.17, 15) is 32.4 Å². The van der Waals surface area contributed by atoms with Gasteiger partial charge in [-0.3, -0.25) is 19.1 Å². The fourth-order valence-corrected chi connectivity index (χ4v) is 7.56. The van der Waals surface area contributed by atoms with Gasteiger partial charge >= 0.3 is 12.1 Å². The van der Waals surface area contributed by atoms with Crippen molar-refractivity contribution in [1.82, 2.24) is 20.3 Å². The molecule has 3 N–H and O–H groups in total. The minimum Gasteiger partial charge on any atom is -0.457 e. The minimum atomic E-state index is -3.91. The molecule has 5 atom stereocenters. The summed E-state index contributed by atoms with van der Waals surface area (Å²) in [6.45, 7) is 4.90. The maximum atomic E-state index is 14.2. The number of carbonyl (C=O) groups is 5. The van der Waals surface area contributed by atoms with Gasteiger partial charge in [0.05, 0.1) is 29.0 Å². The molecule has 2 aliphatic carbocycles. The molecule has 4 amide bonds. The van der Waals surface area contributed by atoms with Crippen LogP contribution in [-0.4, -0.2) is 84.2 Å². The monoisotopic (exact) mass is 697 g/mol. The first-order valence-corrected chi connectivity index (χ1v) is 18.2. The van der Waals surface area contributed by atoms with Crippen LogP contribution in [0.25, 0.3) is 0 Å². The lowest BCUT2D eigenvalue weighted by molar-refractivity contribution is -0.141. The first kappa shape index (κ1) is 35.8. The van der Waals surface area contributed by atoms with E-state index in [1.165, 1.54) is 29.2 Å². The van der Waals surface area contributed by atoms with E-state index in [0.717, 1.165) is 12.8 Å². The highest BCUT2D eigenvalue weighted by molar-refractivity contribution is 7.91. The van der Waals surface area contributed by atoms with Crippen molar-refractivity contribution in [2.75, 3.05) is 6.54 Å². The number of sulfonamides is 1. The quantitative estimate of drug-likeness (QED) is 0.293. The van der Waals surface area contributed by atoms with Crippen LogP contribution in [0.1, 0.15) is 94.5 Å². The second-order valence-corrected chi connectivity index (χ2v) is 16.1. The second kappa shape index (κ2) is 14.2. The van der Waals surface area contributed by atoms with E-state index in [4.69, 9.17) is 14.7 Å². The maximum absolute atomic E-state index is 14.2. The third-order valence-corrected chi connectivity index (χ3v) is 10.9. The Bertz CT molecular complexity index is 1660. The van der Waals surface area contributed by atoms with Crippen molar-refractivity contribution in [2.24, 2.45) is 5.92 Å². The molecule has 49 heavy (non-hydrogen) atoms. The number of rotatable bonds is 6. The summed E-state index contributed by atoms with van der Waals surface area (Å²) in [5.74, 6) is -3.32. The normalized spacial score (nSPS) is 28.2. The van der Waals surface area contributed by atoms with Crippen LogP contribution in [0.4, 0.5) is 4.79 Å². The van der Waals surface area contributed by atoms with E-state index in [-0.39, 0.29) is 31.4 Å². The van der Waals surface area contributed by atoms with Crippen molar-refractivity contribution >= 4 is 39.8 Å². The van der Waals surface area contributed by atoms with Gasteiger partial charge in [-0.15, -0.1) is 0 Å². The third-order valence-electron chi connectivity index (χ3n) is 9.06. The maximum Gasteiger partial charge on any atom is 0.408 e. The Morgan fingerprint density at radius 1 is 1.06 bits per heavy atom. The van der Waals surface area contributed by atoms with Crippen molar-refractivity contribution in [3.05, 3.63) is 47.5 Å². The van der Waals surface area contributed by atoms with Gasteiger partial charge in [0.2, 0.25) is 21.8 Å². The van der Waals surface area contributed by atoms with Gasteiger partial charge in [0.25, 0.3) is 5.91 Å². The number of hydrogen-bond acceptors (Lipinski definition) is 10. The average molecular weight is 698 g/mol.